The molecule has 2 saturated heterocycles. The highest BCUT2D eigenvalue weighted by molar-refractivity contribution is 14.0. The molecule has 0 saturated carbocycles. The Hall–Kier alpha value is -0.760. The second-order valence-electron chi connectivity index (χ2n) is 6.30. The number of aromatic nitrogens is 1. The highest BCUT2D eigenvalue weighted by Crippen LogP contribution is 2.39. The summed E-state index contributed by atoms with van der Waals surface area (Å²) >= 11 is 0. The third-order valence-corrected chi connectivity index (χ3v) is 4.98. The predicted molar refractivity (Wildman–Crippen MR) is 99.7 cm³/mol. The van der Waals surface area contributed by atoms with Crippen molar-refractivity contribution in [2.45, 2.75) is 25.8 Å². The van der Waals surface area contributed by atoms with Crippen LogP contribution in [0.5, 0.6) is 0 Å². The van der Waals surface area contributed by atoms with Crippen LogP contribution in [0.4, 0.5) is 0 Å². The number of likely N-dealkylation sites (tertiary alicyclic amines) is 1. The number of rotatable bonds is 2. The normalized spacial score (nSPS) is 21.0. The van der Waals surface area contributed by atoms with Crippen molar-refractivity contribution in [2.75, 3.05) is 33.4 Å². The summed E-state index contributed by atoms with van der Waals surface area (Å²) < 4.78 is 7.66. The third-order valence-electron chi connectivity index (χ3n) is 4.98. The summed E-state index contributed by atoms with van der Waals surface area (Å²) in [7, 11) is 3.95. The Bertz CT molecular complexity index is 508. The molecule has 1 aromatic rings. The van der Waals surface area contributed by atoms with Gasteiger partial charge in [0.05, 0.1) is 6.54 Å². The van der Waals surface area contributed by atoms with Crippen LogP contribution >= 0.6 is 24.0 Å². The molecule has 3 rings (SSSR count). The van der Waals surface area contributed by atoms with Gasteiger partial charge in [-0.2, -0.15) is 0 Å². The van der Waals surface area contributed by atoms with Crippen LogP contribution in [0.2, 0.25) is 0 Å². The summed E-state index contributed by atoms with van der Waals surface area (Å²) in [6.07, 6.45) is 5.73. The van der Waals surface area contributed by atoms with E-state index in [2.05, 4.69) is 45.2 Å². The van der Waals surface area contributed by atoms with E-state index in [0.717, 1.165) is 38.8 Å². The Morgan fingerprint density at radius 2 is 2.14 bits per heavy atom. The van der Waals surface area contributed by atoms with E-state index in [1.807, 2.05) is 7.05 Å². The first-order valence-electron chi connectivity index (χ1n) is 7.86. The zero-order chi connectivity index (χ0) is 14.7. The lowest BCUT2D eigenvalue weighted by Crippen LogP contribution is -2.42. The van der Waals surface area contributed by atoms with Gasteiger partial charge in [-0.05, 0) is 36.8 Å². The average molecular weight is 418 g/mol. The van der Waals surface area contributed by atoms with Crippen LogP contribution in [0.1, 0.15) is 25.0 Å². The molecule has 2 aliphatic rings. The van der Waals surface area contributed by atoms with Gasteiger partial charge in [0.2, 0.25) is 0 Å². The monoisotopic (exact) mass is 418 g/mol. The summed E-state index contributed by atoms with van der Waals surface area (Å²) in [6, 6.07) is 4.22. The lowest BCUT2D eigenvalue weighted by atomic mass is 9.80. The molecule has 0 radical (unpaired) electrons. The van der Waals surface area contributed by atoms with Crippen molar-refractivity contribution in [2.24, 2.45) is 17.5 Å². The summed E-state index contributed by atoms with van der Waals surface area (Å²) in [5.41, 5.74) is 1.73. The van der Waals surface area contributed by atoms with Gasteiger partial charge in [0, 0.05) is 52.3 Å². The minimum Gasteiger partial charge on any atom is -0.381 e. The maximum atomic E-state index is 5.52. The van der Waals surface area contributed by atoms with Crippen molar-refractivity contribution in [3.63, 3.8) is 0 Å². The molecule has 0 amide bonds. The molecule has 0 aliphatic carbocycles. The van der Waals surface area contributed by atoms with E-state index in [1.54, 1.807) is 0 Å². The van der Waals surface area contributed by atoms with Gasteiger partial charge in [0.15, 0.2) is 5.96 Å². The Kier molecular flexibility index (Phi) is 6.14. The molecule has 0 unspecified atom stereocenters. The van der Waals surface area contributed by atoms with E-state index in [-0.39, 0.29) is 24.0 Å². The zero-order valence-corrected chi connectivity index (χ0v) is 15.9. The van der Waals surface area contributed by atoms with Gasteiger partial charge in [-0.25, -0.2) is 0 Å². The van der Waals surface area contributed by atoms with Crippen LogP contribution in [0, 0.1) is 5.41 Å². The Morgan fingerprint density at radius 1 is 1.36 bits per heavy atom. The highest BCUT2D eigenvalue weighted by atomic mass is 127. The first kappa shape index (κ1) is 17.6. The molecule has 6 heteroatoms. The molecule has 2 fully saturated rings. The second-order valence-corrected chi connectivity index (χ2v) is 6.30. The molecule has 5 nitrogen and oxygen atoms in total. The number of nitrogens with zero attached hydrogens (tertiary/aromatic N) is 3. The van der Waals surface area contributed by atoms with Crippen LogP contribution in [0.25, 0.3) is 0 Å². The third kappa shape index (κ3) is 3.76. The number of nitrogens with one attached hydrogen (secondary N) is 1. The topological polar surface area (TPSA) is 41.8 Å². The number of hydrogen-bond donors (Lipinski definition) is 1. The van der Waals surface area contributed by atoms with Crippen LogP contribution in [0.15, 0.2) is 23.3 Å². The van der Waals surface area contributed by atoms with E-state index >= 15 is 0 Å². The van der Waals surface area contributed by atoms with E-state index in [1.165, 1.54) is 25.0 Å². The molecule has 3 heterocycles. The van der Waals surface area contributed by atoms with Gasteiger partial charge in [0.25, 0.3) is 0 Å². The fraction of sp³-hybridized carbons (Fsp3) is 0.688. The van der Waals surface area contributed by atoms with Crippen LogP contribution < -0.4 is 5.32 Å². The molecule has 0 bridgehead atoms. The molecule has 0 aromatic carbocycles. The summed E-state index contributed by atoms with van der Waals surface area (Å²) in [4.78, 5) is 6.88. The van der Waals surface area contributed by atoms with Crippen molar-refractivity contribution in [3.8, 4) is 0 Å². The van der Waals surface area contributed by atoms with E-state index in [9.17, 15) is 0 Å². The van der Waals surface area contributed by atoms with Gasteiger partial charge in [-0.1, -0.05) is 0 Å². The smallest absolute Gasteiger partial charge is 0.193 e. The molecule has 124 valence electrons. The number of halogens is 1. The minimum atomic E-state index is 0. The predicted octanol–water partition coefficient (Wildman–Crippen LogP) is 2.22. The first-order chi connectivity index (χ1) is 10.2. The van der Waals surface area contributed by atoms with E-state index in [0.29, 0.717) is 5.41 Å². The Morgan fingerprint density at radius 3 is 2.77 bits per heavy atom. The van der Waals surface area contributed by atoms with Crippen LogP contribution in [-0.2, 0) is 18.3 Å². The number of hydrogen-bond acceptors (Lipinski definition) is 2. The fourth-order valence-electron chi connectivity index (χ4n) is 3.51. The molecule has 0 atom stereocenters. The van der Waals surface area contributed by atoms with Crippen molar-refractivity contribution >= 4 is 29.9 Å². The van der Waals surface area contributed by atoms with Crippen molar-refractivity contribution in [1.82, 2.24) is 14.8 Å². The van der Waals surface area contributed by atoms with Gasteiger partial charge >= 0.3 is 0 Å². The largest absolute Gasteiger partial charge is 0.381 e. The van der Waals surface area contributed by atoms with Crippen LogP contribution in [-0.4, -0.2) is 48.8 Å². The van der Waals surface area contributed by atoms with Crippen molar-refractivity contribution in [1.29, 1.82) is 0 Å². The van der Waals surface area contributed by atoms with Crippen molar-refractivity contribution in [3.05, 3.63) is 24.0 Å². The summed E-state index contributed by atoms with van der Waals surface area (Å²) in [5, 5.41) is 3.50. The first-order valence-corrected chi connectivity index (χ1v) is 7.86. The summed E-state index contributed by atoms with van der Waals surface area (Å²) in [5.74, 6) is 1.03. The molecule has 22 heavy (non-hydrogen) atoms. The SMILES string of the molecule is CN=C(NCc1cccn1C)N1CCC2(CCOCC2)C1.I. The Labute approximate surface area is 150 Å². The maximum absolute atomic E-state index is 5.52. The van der Waals surface area contributed by atoms with Crippen molar-refractivity contribution < 1.29 is 4.74 Å². The van der Waals surface area contributed by atoms with Crippen LogP contribution in [0.3, 0.4) is 0 Å². The molecule has 1 spiro atoms. The average Bonchev–Trinajstić information content (AvgIpc) is 3.08. The molecule has 1 aromatic heterocycles. The fourth-order valence-corrected chi connectivity index (χ4v) is 3.51. The minimum absolute atomic E-state index is 0. The molecule has 2 aliphatic heterocycles. The number of ether oxygens (including phenoxy) is 1. The van der Waals surface area contributed by atoms with Gasteiger partial charge in [-0.15, -0.1) is 24.0 Å². The summed E-state index contributed by atoms with van der Waals surface area (Å²) in [6.45, 7) is 4.88. The molecular formula is C16H27IN4O. The highest BCUT2D eigenvalue weighted by Gasteiger charge is 2.40. The van der Waals surface area contributed by atoms with Gasteiger partial charge in [0.1, 0.15) is 0 Å². The number of guanidine groups is 1. The van der Waals surface area contributed by atoms with Gasteiger partial charge in [-0.3, -0.25) is 4.99 Å². The number of aryl methyl sites for hydroxylation is 1. The maximum Gasteiger partial charge on any atom is 0.193 e. The van der Waals surface area contributed by atoms with E-state index in [4.69, 9.17) is 4.74 Å². The second kappa shape index (κ2) is 7.68. The van der Waals surface area contributed by atoms with E-state index < -0.39 is 0 Å². The zero-order valence-electron chi connectivity index (χ0n) is 13.5. The molecule has 1 N–H and O–H groups in total. The quantitative estimate of drug-likeness (QED) is 0.455. The standard InChI is InChI=1S/C16H26N4O.HI/c1-17-15(18-12-14-4-3-8-19(14)2)20-9-5-16(13-20)6-10-21-11-7-16;/h3-4,8H,5-7,9-13H2,1-2H3,(H,17,18);1H. The lowest BCUT2D eigenvalue weighted by molar-refractivity contribution is 0.0217. The lowest BCUT2D eigenvalue weighted by Gasteiger charge is -2.33. The molecular weight excluding hydrogens is 391 g/mol. The van der Waals surface area contributed by atoms with Gasteiger partial charge < -0.3 is 19.5 Å². The Balaban J connectivity index is 0.00000176. The number of aliphatic imine (C=N–C) groups is 1.